The Bertz CT molecular complexity index is 268. The van der Waals surface area contributed by atoms with Crippen LogP contribution in [0.4, 0.5) is 0 Å². The zero-order chi connectivity index (χ0) is 13.6. The van der Waals surface area contributed by atoms with E-state index in [1.807, 2.05) is 6.92 Å². The Morgan fingerprint density at radius 1 is 1.56 bits per heavy atom. The fourth-order valence-electron chi connectivity index (χ4n) is 1.91. The number of carbonyl (C=O) groups is 1. The summed E-state index contributed by atoms with van der Waals surface area (Å²) < 4.78 is 10.5. The first-order valence-electron chi connectivity index (χ1n) is 6.59. The quantitative estimate of drug-likeness (QED) is 0.581. The molecule has 5 heteroatoms. The molecule has 1 aliphatic rings. The van der Waals surface area contributed by atoms with E-state index < -0.39 is 11.5 Å². The van der Waals surface area contributed by atoms with Crippen molar-refractivity contribution in [2.75, 3.05) is 20.3 Å². The minimum Gasteiger partial charge on any atom is -0.480 e. The van der Waals surface area contributed by atoms with Gasteiger partial charge in [0.05, 0.1) is 12.7 Å². The molecule has 106 valence electrons. The highest BCUT2D eigenvalue weighted by Gasteiger charge is 2.37. The molecule has 0 spiro atoms. The first-order valence-corrected chi connectivity index (χ1v) is 6.59. The van der Waals surface area contributed by atoms with E-state index in [1.54, 1.807) is 14.0 Å². The summed E-state index contributed by atoms with van der Waals surface area (Å²) in [5, 5.41) is 12.5. The molecule has 1 fully saturated rings. The first-order chi connectivity index (χ1) is 8.48. The van der Waals surface area contributed by atoms with Crippen LogP contribution in [0, 0.1) is 0 Å². The molecule has 0 bridgehead atoms. The third-order valence-corrected chi connectivity index (χ3v) is 3.20. The molecule has 18 heavy (non-hydrogen) atoms. The lowest BCUT2D eigenvalue weighted by Gasteiger charge is -2.26. The number of carboxylic acid groups (broad SMARTS) is 1. The summed E-state index contributed by atoms with van der Waals surface area (Å²) in [7, 11) is 1.64. The Kier molecular flexibility index (Phi) is 6.05. The highest BCUT2D eigenvalue weighted by molar-refractivity contribution is 5.78. The molecule has 0 aromatic carbocycles. The van der Waals surface area contributed by atoms with Crippen molar-refractivity contribution in [1.29, 1.82) is 0 Å². The molecule has 0 aromatic heterocycles. The van der Waals surface area contributed by atoms with Crippen LogP contribution in [-0.4, -0.2) is 49.1 Å². The molecule has 2 N–H and O–H groups in total. The predicted octanol–water partition coefficient (Wildman–Crippen LogP) is 1.41. The van der Waals surface area contributed by atoms with E-state index in [2.05, 4.69) is 5.32 Å². The smallest absolute Gasteiger partial charge is 0.323 e. The molecular weight excluding hydrogens is 234 g/mol. The standard InChI is InChI=1S/C13H25NO4/c1-10(9-17-3)18-8-4-7-13(2,12(15)16)14-11-5-6-11/h10-11,14H,4-9H2,1-3H3,(H,15,16). The molecule has 0 saturated heterocycles. The van der Waals surface area contributed by atoms with Gasteiger partial charge >= 0.3 is 5.97 Å². The zero-order valence-electron chi connectivity index (χ0n) is 11.6. The number of rotatable bonds is 10. The lowest BCUT2D eigenvalue weighted by Crippen LogP contribution is -2.50. The third-order valence-electron chi connectivity index (χ3n) is 3.20. The molecule has 0 aliphatic heterocycles. The average Bonchev–Trinajstić information content (AvgIpc) is 3.08. The van der Waals surface area contributed by atoms with Gasteiger partial charge in [0.15, 0.2) is 0 Å². The highest BCUT2D eigenvalue weighted by Crippen LogP contribution is 2.25. The molecule has 1 aliphatic carbocycles. The number of methoxy groups -OCH3 is 1. The van der Waals surface area contributed by atoms with Gasteiger partial charge in [-0.25, -0.2) is 0 Å². The first kappa shape index (κ1) is 15.4. The van der Waals surface area contributed by atoms with Crippen molar-refractivity contribution in [2.24, 2.45) is 0 Å². The van der Waals surface area contributed by atoms with Crippen LogP contribution in [-0.2, 0) is 14.3 Å². The monoisotopic (exact) mass is 259 g/mol. The van der Waals surface area contributed by atoms with Crippen LogP contribution < -0.4 is 5.32 Å². The molecule has 2 atom stereocenters. The fraction of sp³-hybridized carbons (Fsp3) is 0.923. The molecule has 2 unspecified atom stereocenters. The van der Waals surface area contributed by atoms with Gasteiger partial charge in [0, 0.05) is 19.8 Å². The van der Waals surface area contributed by atoms with Crippen LogP contribution in [0.1, 0.15) is 39.5 Å². The lowest BCUT2D eigenvalue weighted by molar-refractivity contribution is -0.144. The van der Waals surface area contributed by atoms with Gasteiger partial charge in [-0.2, -0.15) is 0 Å². The van der Waals surface area contributed by atoms with Gasteiger partial charge in [-0.1, -0.05) is 0 Å². The van der Waals surface area contributed by atoms with Crippen molar-refractivity contribution >= 4 is 5.97 Å². The molecule has 1 saturated carbocycles. The maximum absolute atomic E-state index is 11.3. The third kappa shape index (κ3) is 5.33. The molecule has 5 nitrogen and oxygen atoms in total. The summed E-state index contributed by atoms with van der Waals surface area (Å²) >= 11 is 0. The average molecular weight is 259 g/mol. The van der Waals surface area contributed by atoms with Gasteiger partial charge in [0.25, 0.3) is 0 Å². The Morgan fingerprint density at radius 2 is 2.22 bits per heavy atom. The number of hydrogen-bond donors (Lipinski definition) is 2. The summed E-state index contributed by atoms with van der Waals surface area (Å²) in [6, 6.07) is 0.388. The van der Waals surface area contributed by atoms with Crippen molar-refractivity contribution in [1.82, 2.24) is 5.32 Å². The summed E-state index contributed by atoms with van der Waals surface area (Å²) in [6.07, 6.45) is 3.55. The molecule has 1 rings (SSSR count). The topological polar surface area (TPSA) is 67.8 Å². The van der Waals surface area contributed by atoms with Crippen LogP contribution >= 0.6 is 0 Å². The summed E-state index contributed by atoms with van der Waals surface area (Å²) in [5.74, 6) is -0.778. The van der Waals surface area contributed by atoms with E-state index in [1.165, 1.54) is 0 Å². The Balaban J connectivity index is 2.22. The number of ether oxygens (including phenoxy) is 2. The molecule has 0 aromatic rings. The van der Waals surface area contributed by atoms with Gasteiger partial charge in [0.2, 0.25) is 0 Å². The van der Waals surface area contributed by atoms with Crippen molar-refractivity contribution in [3.05, 3.63) is 0 Å². The Labute approximate surface area is 109 Å². The van der Waals surface area contributed by atoms with Gasteiger partial charge in [-0.05, 0) is 39.5 Å². The second-order valence-corrected chi connectivity index (χ2v) is 5.30. The SMILES string of the molecule is COCC(C)OCCCC(C)(NC1CC1)C(=O)O. The molecule has 0 heterocycles. The van der Waals surface area contributed by atoms with Gasteiger partial charge < -0.3 is 14.6 Å². The second kappa shape index (κ2) is 7.07. The van der Waals surface area contributed by atoms with Crippen molar-refractivity contribution in [3.63, 3.8) is 0 Å². The zero-order valence-corrected chi connectivity index (χ0v) is 11.6. The lowest BCUT2D eigenvalue weighted by atomic mass is 9.96. The number of hydrogen-bond acceptors (Lipinski definition) is 4. The molecule has 0 radical (unpaired) electrons. The van der Waals surface area contributed by atoms with Gasteiger partial charge in [-0.3, -0.25) is 10.1 Å². The second-order valence-electron chi connectivity index (χ2n) is 5.30. The minimum atomic E-state index is -0.824. The minimum absolute atomic E-state index is 0.0578. The fourth-order valence-corrected chi connectivity index (χ4v) is 1.91. The normalized spacial score (nSPS) is 20.4. The Hall–Kier alpha value is -0.650. The molecule has 0 amide bonds. The summed E-state index contributed by atoms with van der Waals surface area (Å²) in [5.41, 5.74) is -0.824. The van der Waals surface area contributed by atoms with Crippen LogP contribution in [0.3, 0.4) is 0 Å². The summed E-state index contributed by atoms with van der Waals surface area (Å²) in [4.78, 5) is 11.3. The Morgan fingerprint density at radius 3 is 2.72 bits per heavy atom. The van der Waals surface area contributed by atoms with Crippen molar-refractivity contribution < 1.29 is 19.4 Å². The maximum atomic E-state index is 11.3. The van der Waals surface area contributed by atoms with Gasteiger partial charge in [0.1, 0.15) is 5.54 Å². The predicted molar refractivity (Wildman–Crippen MR) is 68.7 cm³/mol. The number of nitrogens with one attached hydrogen (secondary N) is 1. The van der Waals surface area contributed by atoms with Crippen molar-refractivity contribution in [2.45, 2.75) is 57.2 Å². The van der Waals surface area contributed by atoms with E-state index in [-0.39, 0.29) is 6.10 Å². The van der Waals surface area contributed by atoms with Crippen LogP contribution in [0.5, 0.6) is 0 Å². The van der Waals surface area contributed by atoms with E-state index >= 15 is 0 Å². The summed E-state index contributed by atoms with van der Waals surface area (Å²) in [6.45, 7) is 4.84. The number of aliphatic carboxylic acids is 1. The van der Waals surface area contributed by atoms with Crippen LogP contribution in [0.25, 0.3) is 0 Å². The van der Waals surface area contributed by atoms with Crippen LogP contribution in [0.15, 0.2) is 0 Å². The van der Waals surface area contributed by atoms with E-state index in [4.69, 9.17) is 9.47 Å². The molecular formula is C13H25NO4. The van der Waals surface area contributed by atoms with E-state index in [9.17, 15) is 9.90 Å². The van der Waals surface area contributed by atoms with E-state index in [0.717, 1.165) is 19.3 Å². The van der Waals surface area contributed by atoms with Crippen molar-refractivity contribution in [3.8, 4) is 0 Å². The maximum Gasteiger partial charge on any atom is 0.323 e. The highest BCUT2D eigenvalue weighted by atomic mass is 16.5. The largest absolute Gasteiger partial charge is 0.480 e. The van der Waals surface area contributed by atoms with E-state index in [0.29, 0.717) is 25.7 Å². The number of carboxylic acids is 1. The van der Waals surface area contributed by atoms with Crippen LogP contribution in [0.2, 0.25) is 0 Å². The van der Waals surface area contributed by atoms with Gasteiger partial charge in [-0.15, -0.1) is 0 Å².